The van der Waals surface area contributed by atoms with E-state index in [1.165, 1.54) is 12.1 Å². The molecule has 0 aliphatic carbocycles. The summed E-state index contributed by atoms with van der Waals surface area (Å²) in [7, 11) is 0. The fourth-order valence-corrected chi connectivity index (χ4v) is 2.36. The van der Waals surface area contributed by atoms with Crippen molar-refractivity contribution >= 4 is 11.9 Å². The summed E-state index contributed by atoms with van der Waals surface area (Å²) >= 11 is 0. The molecule has 1 aromatic rings. The maximum absolute atomic E-state index is 13.1. The van der Waals surface area contributed by atoms with Gasteiger partial charge in [-0.1, -0.05) is 18.2 Å². The van der Waals surface area contributed by atoms with Crippen LogP contribution >= 0.6 is 0 Å². The summed E-state index contributed by atoms with van der Waals surface area (Å²) in [4.78, 5) is 22.7. The lowest BCUT2D eigenvalue weighted by Crippen LogP contribution is -2.12. The van der Waals surface area contributed by atoms with Gasteiger partial charge in [0.15, 0.2) is 0 Å². The van der Waals surface area contributed by atoms with E-state index < -0.39 is 5.91 Å². The van der Waals surface area contributed by atoms with Gasteiger partial charge < -0.3 is 10.5 Å². The third-order valence-corrected chi connectivity index (χ3v) is 3.72. The van der Waals surface area contributed by atoms with E-state index in [1.54, 1.807) is 19.1 Å². The molecule has 2 atom stereocenters. The summed E-state index contributed by atoms with van der Waals surface area (Å²) in [5, 5.41) is 0. The predicted molar refractivity (Wildman–Crippen MR) is 80.0 cm³/mol. The van der Waals surface area contributed by atoms with Crippen LogP contribution in [0.5, 0.6) is 0 Å². The van der Waals surface area contributed by atoms with E-state index in [2.05, 4.69) is 0 Å². The molecular weight excluding hydrogens is 285 g/mol. The van der Waals surface area contributed by atoms with Crippen molar-refractivity contribution in [3.63, 3.8) is 0 Å². The van der Waals surface area contributed by atoms with E-state index in [0.717, 1.165) is 5.56 Å². The lowest BCUT2D eigenvalue weighted by molar-refractivity contribution is -0.143. The first-order valence-corrected chi connectivity index (χ1v) is 7.20. The number of cyclic esters (lactones) is 1. The first-order valence-electron chi connectivity index (χ1n) is 7.20. The lowest BCUT2D eigenvalue weighted by Gasteiger charge is -2.08. The Kier molecular flexibility index (Phi) is 5.31. The number of ether oxygens (including phenoxy) is 1. The monoisotopic (exact) mass is 304 g/mol. The number of carbonyl (C=O) groups excluding carboxylic acids is 2. The Morgan fingerprint density at radius 2 is 2.27 bits per heavy atom. The minimum absolute atomic E-state index is 0.261. The Bertz CT molecular complexity index is 597. The van der Waals surface area contributed by atoms with Crippen molar-refractivity contribution in [1.82, 2.24) is 0 Å². The molecule has 2 N–H and O–H groups in total. The van der Waals surface area contributed by atoms with Gasteiger partial charge in [-0.3, -0.25) is 9.59 Å². The second-order valence-electron chi connectivity index (χ2n) is 5.46. The second-order valence-corrected chi connectivity index (χ2v) is 5.46. The van der Waals surface area contributed by atoms with Gasteiger partial charge in [0.25, 0.3) is 0 Å². The van der Waals surface area contributed by atoms with E-state index in [1.807, 2.05) is 12.5 Å². The average molecular weight is 304 g/mol. The molecule has 0 bridgehead atoms. The van der Waals surface area contributed by atoms with E-state index in [9.17, 15) is 14.0 Å². The number of rotatable bonds is 6. The van der Waals surface area contributed by atoms with Gasteiger partial charge in [0, 0.05) is 12.0 Å². The maximum Gasteiger partial charge on any atom is 0.309 e. The standard InChI is InChI=1S/C17H19FNO3/c1-11(16(19)20)5-7-13-10-15(22-17(13)21)8-6-12-3-2-4-14(18)9-12/h2-5,8-9,13,15H,6-7,10H2,1H3,(H2,19,20). The van der Waals surface area contributed by atoms with Gasteiger partial charge in [0.05, 0.1) is 5.92 Å². The van der Waals surface area contributed by atoms with Crippen molar-refractivity contribution < 1.29 is 18.7 Å². The normalized spacial score (nSPS) is 21.7. The highest BCUT2D eigenvalue weighted by Gasteiger charge is 2.33. The maximum atomic E-state index is 13.1. The molecule has 1 amide bonds. The third-order valence-electron chi connectivity index (χ3n) is 3.72. The van der Waals surface area contributed by atoms with Crippen molar-refractivity contribution in [2.24, 2.45) is 11.7 Å². The summed E-state index contributed by atoms with van der Waals surface area (Å²) in [5.41, 5.74) is 6.43. The van der Waals surface area contributed by atoms with Gasteiger partial charge in [-0.2, -0.15) is 0 Å². The molecule has 1 radical (unpaired) electrons. The number of esters is 1. The van der Waals surface area contributed by atoms with Crippen molar-refractivity contribution in [2.75, 3.05) is 0 Å². The molecule has 1 aromatic carbocycles. The molecule has 1 heterocycles. The second kappa shape index (κ2) is 7.20. The molecule has 1 saturated heterocycles. The lowest BCUT2D eigenvalue weighted by atomic mass is 9.97. The quantitative estimate of drug-likeness (QED) is 0.648. The molecular formula is C17H19FNO3. The highest BCUT2D eigenvalue weighted by atomic mass is 19.1. The summed E-state index contributed by atoms with van der Waals surface area (Å²) in [5.74, 6) is -1.29. The number of amides is 1. The zero-order chi connectivity index (χ0) is 16.1. The van der Waals surface area contributed by atoms with Crippen LogP contribution in [0.15, 0.2) is 35.9 Å². The Balaban J connectivity index is 1.84. The highest BCUT2D eigenvalue weighted by Crippen LogP contribution is 2.27. The van der Waals surface area contributed by atoms with E-state index in [4.69, 9.17) is 10.5 Å². The molecule has 0 aromatic heterocycles. The van der Waals surface area contributed by atoms with E-state index >= 15 is 0 Å². The topological polar surface area (TPSA) is 69.4 Å². The Morgan fingerprint density at radius 1 is 1.50 bits per heavy atom. The first-order chi connectivity index (χ1) is 10.5. The molecule has 1 aliphatic rings. The largest absolute Gasteiger partial charge is 0.462 e. The van der Waals surface area contributed by atoms with Crippen molar-refractivity contribution in [3.8, 4) is 0 Å². The summed E-state index contributed by atoms with van der Waals surface area (Å²) in [6.45, 7) is 1.62. The highest BCUT2D eigenvalue weighted by molar-refractivity contribution is 5.91. The minimum Gasteiger partial charge on any atom is -0.462 e. The number of nitrogens with two attached hydrogens (primary N) is 1. The van der Waals surface area contributed by atoms with Crippen molar-refractivity contribution in [2.45, 2.75) is 32.3 Å². The third kappa shape index (κ3) is 4.41. The van der Waals surface area contributed by atoms with E-state index in [-0.39, 0.29) is 23.8 Å². The SMILES string of the molecule is CC(=CCC1CC([CH]Cc2cccc(F)c2)OC1=O)C(N)=O. The number of benzene rings is 1. The van der Waals surface area contributed by atoms with Crippen LogP contribution in [-0.2, 0) is 20.7 Å². The zero-order valence-corrected chi connectivity index (χ0v) is 12.4. The van der Waals surface area contributed by atoms with E-state index in [0.29, 0.717) is 24.8 Å². The molecule has 1 aliphatic heterocycles. The Morgan fingerprint density at radius 3 is 2.95 bits per heavy atom. The summed E-state index contributed by atoms with van der Waals surface area (Å²) in [6.07, 6.45) is 4.82. The first kappa shape index (κ1) is 16.2. The fourth-order valence-electron chi connectivity index (χ4n) is 2.36. The van der Waals surface area contributed by atoms with Gasteiger partial charge in [-0.15, -0.1) is 0 Å². The van der Waals surface area contributed by atoms with Crippen LogP contribution in [-0.4, -0.2) is 18.0 Å². The van der Waals surface area contributed by atoms with Gasteiger partial charge in [0.1, 0.15) is 11.9 Å². The number of allylic oxidation sites excluding steroid dienone is 1. The average Bonchev–Trinajstić information content (AvgIpc) is 2.83. The predicted octanol–water partition coefficient (Wildman–Crippen LogP) is 2.33. The van der Waals surface area contributed by atoms with Crippen LogP contribution in [0.1, 0.15) is 25.3 Å². The Hall–Kier alpha value is -2.17. The fraction of sp³-hybridized carbons (Fsp3) is 0.353. The molecule has 5 heteroatoms. The van der Waals surface area contributed by atoms with Crippen LogP contribution in [0.25, 0.3) is 0 Å². The van der Waals surface area contributed by atoms with Crippen LogP contribution in [0.2, 0.25) is 0 Å². The number of primary amides is 1. The van der Waals surface area contributed by atoms with Crippen LogP contribution in [0.4, 0.5) is 4.39 Å². The molecule has 0 saturated carbocycles. The van der Waals surface area contributed by atoms with Crippen molar-refractivity contribution in [1.29, 1.82) is 0 Å². The molecule has 4 nitrogen and oxygen atoms in total. The van der Waals surface area contributed by atoms with Crippen molar-refractivity contribution in [3.05, 3.63) is 53.7 Å². The molecule has 0 spiro atoms. The summed E-state index contributed by atoms with van der Waals surface area (Å²) in [6, 6.07) is 6.33. The van der Waals surface area contributed by atoms with Gasteiger partial charge in [0.2, 0.25) is 5.91 Å². The zero-order valence-electron chi connectivity index (χ0n) is 12.4. The molecule has 117 valence electrons. The number of halogens is 1. The molecule has 2 unspecified atom stereocenters. The van der Waals surface area contributed by atoms with Gasteiger partial charge in [-0.25, -0.2) is 4.39 Å². The van der Waals surface area contributed by atoms with Crippen LogP contribution in [0, 0.1) is 18.2 Å². The van der Waals surface area contributed by atoms with Crippen LogP contribution in [0.3, 0.4) is 0 Å². The van der Waals surface area contributed by atoms with Gasteiger partial charge in [-0.05, 0) is 43.9 Å². The van der Waals surface area contributed by atoms with Gasteiger partial charge >= 0.3 is 5.97 Å². The number of carbonyl (C=O) groups is 2. The molecule has 1 fully saturated rings. The molecule has 22 heavy (non-hydrogen) atoms. The number of hydrogen-bond acceptors (Lipinski definition) is 3. The molecule has 2 rings (SSSR count). The minimum atomic E-state index is -0.486. The number of hydrogen-bond donors (Lipinski definition) is 1. The smallest absolute Gasteiger partial charge is 0.309 e. The Labute approximate surface area is 129 Å². The summed E-state index contributed by atoms with van der Waals surface area (Å²) < 4.78 is 18.4. The van der Waals surface area contributed by atoms with Crippen LogP contribution < -0.4 is 5.73 Å².